The fourth-order valence-corrected chi connectivity index (χ4v) is 3.12. The van der Waals surface area contributed by atoms with Gasteiger partial charge in [-0.2, -0.15) is 0 Å². The number of anilines is 1. The first-order valence-electron chi connectivity index (χ1n) is 10.1. The number of rotatable bonds is 15. The normalized spacial score (nSPS) is 10.7. The van der Waals surface area contributed by atoms with E-state index in [9.17, 15) is 0 Å². The first-order chi connectivity index (χ1) is 12.8. The summed E-state index contributed by atoms with van der Waals surface area (Å²) in [5, 5.41) is 12.9. The molecule has 0 saturated heterocycles. The Bertz CT molecular complexity index is 457. The van der Waals surface area contributed by atoms with Gasteiger partial charge in [-0.3, -0.25) is 0 Å². The summed E-state index contributed by atoms with van der Waals surface area (Å²) < 4.78 is 5.42. The largest absolute Gasteiger partial charge is 0.394 e. The number of unbranched alkanes of at least 4 members (excludes halogenated alkanes) is 7. The molecule has 0 aliphatic rings. The van der Waals surface area contributed by atoms with E-state index in [-0.39, 0.29) is 6.61 Å². The Hall–Kier alpha value is -1.17. The summed E-state index contributed by atoms with van der Waals surface area (Å²) in [7, 11) is 0. The van der Waals surface area contributed by atoms with Crippen molar-refractivity contribution in [3.63, 3.8) is 0 Å². The minimum absolute atomic E-state index is 0.0603. The van der Waals surface area contributed by atoms with E-state index in [1.165, 1.54) is 44.9 Å². The van der Waals surface area contributed by atoms with Crippen molar-refractivity contribution in [1.29, 1.82) is 0 Å². The third-order valence-electron chi connectivity index (χ3n) is 4.34. The molecule has 5 heteroatoms. The summed E-state index contributed by atoms with van der Waals surface area (Å²) >= 11 is 5.59. The van der Waals surface area contributed by atoms with Crippen LogP contribution in [-0.4, -0.2) is 48.0 Å². The predicted molar refractivity (Wildman–Crippen MR) is 115 cm³/mol. The fourth-order valence-electron chi connectivity index (χ4n) is 2.82. The summed E-state index contributed by atoms with van der Waals surface area (Å²) in [6.07, 6.45) is 10.4. The van der Waals surface area contributed by atoms with E-state index in [1.54, 1.807) is 0 Å². The molecule has 1 aromatic carbocycles. The first-order valence-corrected chi connectivity index (χ1v) is 10.5. The summed E-state index contributed by atoms with van der Waals surface area (Å²) in [4.78, 5) is 2.18. The van der Waals surface area contributed by atoms with E-state index < -0.39 is 0 Å². The molecule has 0 aliphatic carbocycles. The van der Waals surface area contributed by atoms with Gasteiger partial charge in [-0.15, -0.1) is 0 Å². The maximum atomic E-state index is 8.84. The SMILES string of the molecule is CCCCCCCCCCN(CCOCCO)C(=S)Nc1ccccc1. The van der Waals surface area contributed by atoms with Crippen molar-refractivity contribution in [3.05, 3.63) is 30.3 Å². The van der Waals surface area contributed by atoms with Crippen molar-refractivity contribution in [3.8, 4) is 0 Å². The van der Waals surface area contributed by atoms with Crippen LogP contribution in [-0.2, 0) is 4.74 Å². The van der Waals surface area contributed by atoms with Crippen molar-refractivity contribution in [2.75, 3.05) is 38.2 Å². The summed E-state index contributed by atoms with van der Waals surface area (Å²) in [6, 6.07) is 10.0. The molecule has 4 nitrogen and oxygen atoms in total. The first kappa shape index (κ1) is 22.9. The van der Waals surface area contributed by atoms with Gasteiger partial charge in [-0.25, -0.2) is 0 Å². The van der Waals surface area contributed by atoms with Gasteiger partial charge in [0.15, 0.2) is 5.11 Å². The lowest BCUT2D eigenvalue weighted by atomic mass is 10.1. The predicted octanol–water partition coefficient (Wildman–Crippen LogP) is 4.84. The number of nitrogens with zero attached hydrogens (tertiary/aromatic N) is 1. The minimum atomic E-state index is 0.0603. The van der Waals surface area contributed by atoms with Crippen LogP contribution in [0, 0.1) is 0 Å². The molecule has 0 saturated carbocycles. The third-order valence-corrected chi connectivity index (χ3v) is 4.70. The maximum Gasteiger partial charge on any atom is 0.173 e. The van der Waals surface area contributed by atoms with Gasteiger partial charge in [0.25, 0.3) is 0 Å². The number of para-hydroxylation sites is 1. The molecule has 26 heavy (non-hydrogen) atoms. The molecule has 0 heterocycles. The number of thiocarbonyl (C=S) groups is 1. The van der Waals surface area contributed by atoms with E-state index in [1.807, 2.05) is 30.3 Å². The van der Waals surface area contributed by atoms with Crippen LogP contribution in [0.3, 0.4) is 0 Å². The third kappa shape index (κ3) is 11.4. The van der Waals surface area contributed by atoms with E-state index >= 15 is 0 Å². The molecule has 0 atom stereocenters. The van der Waals surface area contributed by atoms with Gasteiger partial charge >= 0.3 is 0 Å². The van der Waals surface area contributed by atoms with Gasteiger partial charge in [0, 0.05) is 18.8 Å². The smallest absolute Gasteiger partial charge is 0.173 e. The molecule has 2 N–H and O–H groups in total. The van der Waals surface area contributed by atoms with Crippen molar-refractivity contribution < 1.29 is 9.84 Å². The molecular weight excluding hydrogens is 344 g/mol. The number of aliphatic hydroxyl groups excluding tert-OH is 1. The van der Waals surface area contributed by atoms with Crippen LogP contribution in [0.25, 0.3) is 0 Å². The minimum Gasteiger partial charge on any atom is -0.394 e. The number of hydrogen-bond acceptors (Lipinski definition) is 3. The molecule has 0 amide bonds. The lowest BCUT2D eigenvalue weighted by molar-refractivity contribution is 0.0842. The quantitative estimate of drug-likeness (QED) is 0.337. The highest BCUT2D eigenvalue weighted by Crippen LogP contribution is 2.11. The van der Waals surface area contributed by atoms with Crippen LogP contribution < -0.4 is 5.32 Å². The van der Waals surface area contributed by atoms with Gasteiger partial charge < -0.3 is 20.1 Å². The zero-order valence-electron chi connectivity index (χ0n) is 16.3. The van der Waals surface area contributed by atoms with Crippen molar-refractivity contribution in [1.82, 2.24) is 4.90 Å². The summed E-state index contributed by atoms with van der Waals surface area (Å²) in [6.45, 7) is 4.96. The Labute approximate surface area is 164 Å². The van der Waals surface area contributed by atoms with Crippen molar-refractivity contribution >= 4 is 23.0 Å². The van der Waals surface area contributed by atoms with Gasteiger partial charge in [-0.05, 0) is 30.8 Å². The number of aliphatic hydroxyl groups is 1. The van der Waals surface area contributed by atoms with Crippen LogP contribution in [0.5, 0.6) is 0 Å². The van der Waals surface area contributed by atoms with Crippen LogP contribution >= 0.6 is 12.2 Å². The Morgan fingerprint density at radius 2 is 1.62 bits per heavy atom. The van der Waals surface area contributed by atoms with Gasteiger partial charge in [0.1, 0.15) is 0 Å². The topological polar surface area (TPSA) is 44.7 Å². The second-order valence-corrected chi connectivity index (χ2v) is 6.98. The number of nitrogens with one attached hydrogen (secondary N) is 1. The molecular formula is C21H36N2O2S. The molecule has 148 valence electrons. The average Bonchev–Trinajstić information content (AvgIpc) is 2.66. The zero-order chi connectivity index (χ0) is 18.9. The Balaban J connectivity index is 2.31. The molecule has 1 rings (SSSR count). The summed E-state index contributed by atoms with van der Waals surface area (Å²) in [5.74, 6) is 0. The van der Waals surface area contributed by atoms with Crippen molar-refractivity contribution in [2.24, 2.45) is 0 Å². The number of hydrogen-bond donors (Lipinski definition) is 2. The standard InChI is InChI=1S/C21H36N2O2S/c1-2-3-4-5-6-7-8-12-15-23(16-18-25-19-17-24)21(26)22-20-13-10-9-11-14-20/h9-11,13-14,24H,2-8,12,15-19H2,1H3,(H,22,26). The van der Waals surface area contributed by atoms with Gasteiger partial charge in [0.2, 0.25) is 0 Å². The van der Waals surface area contributed by atoms with Crippen LogP contribution in [0.15, 0.2) is 30.3 Å². The van der Waals surface area contributed by atoms with Crippen LogP contribution in [0.1, 0.15) is 58.3 Å². The monoisotopic (exact) mass is 380 g/mol. The van der Waals surface area contributed by atoms with E-state index in [4.69, 9.17) is 22.1 Å². The molecule has 0 aliphatic heterocycles. The molecule has 0 aromatic heterocycles. The zero-order valence-corrected chi connectivity index (χ0v) is 17.1. The Morgan fingerprint density at radius 1 is 0.962 bits per heavy atom. The van der Waals surface area contributed by atoms with Crippen LogP contribution in [0.2, 0.25) is 0 Å². The number of ether oxygens (including phenoxy) is 1. The van der Waals surface area contributed by atoms with Crippen molar-refractivity contribution in [2.45, 2.75) is 58.3 Å². The van der Waals surface area contributed by atoms with Gasteiger partial charge in [0.05, 0.1) is 19.8 Å². The number of benzene rings is 1. The molecule has 1 aromatic rings. The maximum absolute atomic E-state index is 8.84. The highest BCUT2D eigenvalue weighted by molar-refractivity contribution is 7.80. The lowest BCUT2D eigenvalue weighted by Gasteiger charge is -2.26. The molecule has 0 radical (unpaired) electrons. The van der Waals surface area contributed by atoms with Gasteiger partial charge in [-0.1, -0.05) is 70.1 Å². The van der Waals surface area contributed by atoms with E-state index in [0.717, 1.165) is 30.3 Å². The molecule has 0 unspecified atom stereocenters. The van der Waals surface area contributed by atoms with E-state index in [2.05, 4.69) is 17.1 Å². The average molecular weight is 381 g/mol. The molecule has 0 bridgehead atoms. The fraction of sp³-hybridized carbons (Fsp3) is 0.667. The Morgan fingerprint density at radius 3 is 2.27 bits per heavy atom. The van der Waals surface area contributed by atoms with Crippen LogP contribution in [0.4, 0.5) is 5.69 Å². The highest BCUT2D eigenvalue weighted by Gasteiger charge is 2.09. The van der Waals surface area contributed by atoms with E-state index in [0.29, 0.717) is 13.2 Å². The molecule has 0 fully saturated rings. The second kappa shape index (κ2) is 16.0. The second-order valence-electron chi connectivity index (χ2n) is 6.59. The summed E-state index contributed by atoms with van der Waals surface area (Å²) in [5.41, 5.74) is 1.01. The highest BCUT2D eigenvalue weighted by atomic mass is 32.1. The lowest BCUT2D eigenvalue weighted by Crippen LogP contribution is -2.38. The molecule has 0 spiro atoms. The Kier molecular flexibility index (Phi) is 14.1.